The number of ether oxygens (including phenoxy) is 1. The zero-order valence-electron chi connectivity index (χ0n) is 7.10. The Labute approximate surface area is 80.1 Å². The van der Waals surface area contributed by atoms with Crippen LogP contribution in [0.25, 0.3) is 0 Å². The molecule has 70 valence electrons. The molecule has 13 heavy (non-hydrogen) atoms. The van der Waals surface area contributed by atoms with Crippen LogP contribution in [0.4, 0.5) is 5.13 Å². The second-order valence-corrected chi connectivity index (χ2v) is 3.86. The van der Waals surface area contributed by atoms with Crippen LogP contribution < -0.4 is 4.90 Å². The summed E-state index contributed by atoms with van der Waals surface area (Å²) in [7, 11) is 0. The van der Waals surface area contributed by atoms with Crippen LogP contribution in [0.5, 0.6) is 0 Å². The number of aromatic nitrogens is 1. The lowest BCUT2D eigenvalue weighted by atomic mass is 10.4. The second kappa shape index (κ2) is 3.85. The lowest BCUT2D eigenvalue weighted by Crippen LogP contribution is -2.32. The third-order valence-corrected chi connectivity index (χ3v) is 2.85. The average molecular weight is 198 g/mol. The highest BCUT2D eigenvalue weighted by molar-refractivity contribution is 7.17. The maximum Gasteiger partial charge on any atom is 0.187 e. The minimum Gasteiger partial charge on any atom is -0.361 e. The molecule has 1 aromatic rings. The first kappa shape index (κ1) is 8.65. The first-order valence-electron chi connectivity index (χ1n) is 4.14. The number of hydrogen-bond donors (Lipinski definition) is 0. The molecule has 0 radical (unpaired) electrons. The summed E-state index contributed by atoms with van der Waals surface area (Å²) in [5.74, 6) is 0. The SMILES string of the molecule is O=Cc1cnc(N2CCCOC2)s1. The fraction of sp³-hybridized carbons (Fsp3) is 0.500. The van der Waals surface area contributed by atoms with E-state index in [9.17, 15) is 4.79 Å². The number of rotatable bonds is 2. The second-order valence-electron chi connectivity index (χ2n) is 2.82. The van der Waals surface area contributed by atoms with Crippen LogP contribution >= 0.6 is 11.3 Å². The van der Waals surface area contributed by atoms with E-state index >= 15 is 0 Å². The van der Waals surface area contributed by atoms with Gasteiger partial charge in [0.1, 0.15) is 6.73 Å². The van der Waals surface area contributed by atoms with Crippen molar-refractivity contribution in [2.24, 2.45) is 0 Å². The van der Waals surface area contributed by atoms with Crippen molar-refractivity contribution in [3.05, 3.63) is 11.1 Å². The van der Waals surface area contributed by atoms with Crippen molar-refractivity contribution in [3.8, 4) is 0 Å². The Morgan fingerprint density at radius 3 is 3.23 bits per heavy atom. The van der Waals surface area contributed by atoms with Gasteiger partial charge in [-0.25, -0.2) is 4.98 Å². The van der Waals surface area contributed by atoms with Crippen LogP contribution in [0.15, 0.2) is 6.20 Å². The van der Waals surface area contributed by atoms with Gasteiger partial charge in [-0.15, -0.1) is 0 Å². The lowest BCUT2D eigenvalue weighted by Gasteiger charge is -2.25. The predicted molar refractivity (Wildman–Crippen MR) is 50.3 cm³/mol. The summed E-state index contributed by atoms with van der Waals surface area (Å²) in [5, 5.41) is 0.877. The number of carbonyl (C=O) groups is 1. The maximum absolute atomic E-state index is 10.4. The summed E-state index contributed by atoms with van der Waals surface area (Å²) in [6.45, 7) is 2.38. The van der Waals surface area contributed by atoms with E-state index in [0.717, 1.165) is 31.0 Å². The number of thiazole rings is 1. The molecule has 2 heterocycles. The lowest BCUT2D eigenvalue weighted by molar-refractivity contribution is 0.107. The fourth-order valence-electron chi connectivity index (χ4n) is 1.23. The highest BCUT2D eigenvalue weighted by Crippen LogP contribution is 2.22. The first-order chi connectivity index (χ1) is 6.40. The Kier molecular flexibility index (Phi) is 2.56. The van der Waals surface area contributed by atoms with Crippen molar-refractivity contribution >= 4 is 22.8 Å². The van der Waals surface area contributed by atoms with Gasteiger partial charge in [-0.3, -0.25) is 4.79 Å². The molecule has 1 saturated heterocycles. The smallest absolute Gasteiger partial charge is 0.187 e. The number of nitrogens with zero attached hydrogens (tertiary/aromatic N) is 2. The molecule has 0 aliphatic carbocycles. The molecule has 1 aliphatic heterocycles. The highest BCUT2D eigenvalue weighted by Gasteiger charge is 2.14. The molecule has 0 bridgehead atoms. The van der Waals surface area contributed by atoms with Gasteiger partial charge in [-0.1, -0.05) is 11.3 Å². The van der Waals surface area contributed by atoms with Crippen molar-refractivity contribution < 1.29 is 9.53 Å². The fourth-order valence-corrected chi connectivity index (χ4v) is 1.97. The molecule has 2 rings (SSSR count). The van der Waals surface area contributed by atoms with Crippen LogP contribution in [-0.2, 0) is 4.74 Å². The van der Waals surface area contributed by atoms with Crippen molar-refractivity contribution in [2.75, 3.05) is 24.8 Å². The Bertz CT molecular complexity index is 294. The number of anilines is 1. The number of carbonyl (C=O) groups excluding carboxylic acids is 1. The number of hydrogen-bond acceptors (Lipinski definition) is 5. The Morgan fingerprint density at radius 1 is 1.69 bits per heavy atom. The molecular weight excluding hydrogens is 188 g/mol. The standard InChI is InChI=1S/C8H10N2O2S/c11-5-7-4-9-8(13-7)10-2-1-3-12-6-10/h4-5H,1-3,6H2. The topological polar surface area (TPSA) is 42.4 Å². The Hall–Kier alpha value is -0.940. The summed E-state index contributed by atoms with van der Waals surface area (Å²) in [6.07, 6.45) is 3.45. The van der Waals surface area contributed by atoms with Gasteiger partial charge < -0.3 is 9.64 Å². The van der Waals surface area contributed by atoms with E-state index in [4.69, 9.17) is 4.74 Å². The molecule has 0 amide bonds. The minimum atomic E-state index is 0.589. The maximum atomic E-state index is 10.4. The summed E-state index contributed by atoms with van der Waals surface area (Å²) in [6, 6.07) is 0. The van der Waals surface area contributed by atoms with Gasteiger partial charge in [-0.05, 0) is 6.42 Å². The molecule has 0 aromatic carbocycles. The van der Waals surface area contributed by atoms with Crippen LogP contribution in [0, 0.1) is 0 Å². The van der Waals surface area contributed by atoms with Crippen LogP contribution in [0.2, 0.25) is 0 Å². The van der Waals surface area contributed by atoms with Crippen LogP contribution in [-0.4, -0.2) is 31.2 Å². The van der Waals surface area contributed by atoms with Crippen LogP contribution in [0.1, 0.15) is 16.1 Å². The largest absolute Gasteiger partial charge is 0.361 e. The average Bonchev–Trinajstić information content (AvgIpc) is 2.67. The summed E-state index contributed by atoms with van der Waals surface area (Å²) in [5.41, 5.74) is 0. The van der Waals surface area contributed by atoms with E-state index in [1.54, 1.807) is 6.20 Å². The molecule has 1 aliphatic rings. The van der Waals surface area contributed by atoms with E-state index < -0.39 is 0 Å². The van der Waals surface area contributed by atoms with Crippen molar-refractivity contribution in [1.29, 1.82) is 0 Å². The molecule has 1 aromatic heterocycles. The molecule has 0 unspecified atom stereocenters. The quantitative estimate of drug-likeness (QED) is 0.668. The van der Waals surface area contributed by atoms with Gasteiger partial charge in [-0.2, -0.15) is 0 Å². The van der Waals surface area contributed by atoms with Gasteiger partial charge in [0.2, 0.25) is 0 Å². The van der Waals surface area contributed by atoms with Gasteiger partial charge in [0.05, 0.1) is 17.7 Å². The molecule has 1 fully saturated rings. The molecule has 4 nitrogen and oxygen atoms in total. The zero-order chi connectivity index (χ0) is 9.10. The van der Waals surface area contributed by atoms with E-state index in [2.05, 4.69) is 4.98 Å². The van der Waals surface area contributed by atoms with E-state index in [-0.39, 0.29) is 0 Å². The monoisotopic (exact) mass is 198 g/mol. The van der Waals surface area contributed by atoms with E-state index in [1.165, 1.54) is 11.3 Å². The Morgan fingerprint density at radius 2 is 2.62 bits per heavy atom. The molecule has 0 N–H and O–H groups in total. The first-order valence-corrected chi connectivity index (χ1v) is 4.95. The zero-order valence-corrected chi connectivity index (χ0v) is 7.92. The Balaban J connectivity index is 2.09. The molecule has 5 heteroatoms. The summed E-state index contributed by atoms with van der Waals surface area (Å²) in [4.78, 5) is 17.3. The normalized spacial score (nSPS) is 17.4. The highest BCUT2D eigenvalue weighted by atomic mass is 32.1. The minimum absolute atomic E-state index is 0.589. The van der Waals surface area contributed by atoms with Crippen molar-refractivity contribution in [2.45, 2.75) is 6.42 Å². The van der Waals surface area contributed by atoms with Gasteiger partial charge >= 0.3 is 0 Å². The summed E-state index contributed by atoms with van der Waals surface area (Å²) >= 11 is 1.41. The molecule has 0 saturated carbocycles. The number of aldehydes is 1. The third kappa shape index (κ3) is 1.87. The van der Waals surface area contributed by atoms with E-state index in [0.29, 0.717) is 11.6 Å². The molecular formula is C8H10N2O2S. The van der Waals surface area contributed by atoms with Gasteiger partial charge in [0.25, 0.3) is 0 Å². The van der Waals surface area contributed by atoms with E-state index in [1.807, 2.05) is 4.90 Å². The summed E-state index contributed by atoms with van der Waals surface area (Å²) < 4.78 is 5.28. The van der Waals surface area contributed by atoms with Gasteiger partial charge in [0.15, 0.2) is 11.4 Å². The molecule has 0 atom stereocenters. The van der Waals surface area contributed by atoms with Crippen LogP contribution in [0.3, 0.4) is 0 Å². The predicted octanol–water partition coefficient (Wildman–Crippen LogP) is 1.14. The van der Waals surface area contributed by atoms with Crippen molar-refractivity contribution in [3.63, 3.8) is 0 Å². The third-order valence-electron chi connectivity index (χ3n) is 1.86. The van der Waals surface area contributed by atoms with Gasteiger partial charge in [0, 0.05) is 6.54 Å². The molecule has 0 spiro atoms. The van der Waals surface area contributed by atoms with Crippen molar-refractivity contribution in [1.82, 2.24) is 4.98 Å².